The second kappa shape index (κ2) is 9.00. The number of pyridine rings is 1. The molecule has 0 amide bonds. The molecule has 0 aliphatic rings. The van der Waals surface area contributed by atoms with Gasteiger partial charge < -0.3 is 4.42 Å². The summed E-state index contributed by atoms with van der Waals surface area (Å²) in [6, 6.07) is 48.1. The molecule has 0 aliphatic carbocycles. The van der Waals surface area contributed by atoms with Crippen molar-refractivity contribution < 1.29 is 4.42 Å². The summed E-state index contributed by atoms with van der Waals surface area (Å²) >= 11 is 1.88. The summed E-state index contributed by atoms with van der Waals surface area (Å²) in [5.74, 6) is 0. The highest BCUT2D eigenvalue weighted by atomic mass is 32.1. The first kappa shape index (κ1) is 24.0. The van der Waals surface area contributed by atoms with Gasteiger partial charge in [0.2, 0.25) is 0 Å². The number of furan rings is 1. The lowest BCUT2D eigenvalue weighted by atomic mass is 9.86. The van der Waals surface area contributed by atoms with E-state index < -0.39 is 0 Å². The van der Waals surface area contributed by atoms with Gasteiger partial charge in [-0.25, -0.2) is 0 Å². The predicted octanol–water partition coefficient (Wildman–Crippen LogP) is 12.1. The molecule has 3 heterocycles. The minimum atomic E-state index is 0.807. The lowest BCUT2D eigenvalue weighted by molar-refractivity contribution is 0.670. The maximum atomic E-state index is 6.41. The molecule has 0 aliphatic heterocycles. The molecular formula is C41H23NOS. The monoisotopic (exact) mass is 577 g/mol. The standard InChI is InChI=1S/C41H23NOS/c1-2-11-25-24(10-1)20-21-31-34-22-35(42-23-36(34)43-40(25)31)39-29-15-5-3-13-27(29)38(28-14-4-6-16-30(28)39)33-18-9-17-32-26-12-7-8-19-37(26)44-41(32)33/h1-23H. The summed E-state index contributed by atoms with van der Waals surface area (Å²) in [6.07, 6.45) is 1.90. The van der Waals surface area contributed by atoms with Crippen LogP contribution in [0.25, 0.3) is 96.8 Å². The zero-order chi connectivity index (χ0) is 28.8. The normalized spacial score (nSPS) is 12.1. The van der Waals surface area contributed by atoms with Crippen molar-refractivity contribution in [1.82, 2.24) is 4.98 Å². The lowest BCUT2D eigenvalue weighted by Gasteiger charge is -2.17. The van der Waals surface area contributed by atoms with Gasteiger partial charge in [0.25, 0.3) is 0 Å². The molecular weight excluding hydrogens is 555 g/mol. The highest BCUT2D eigenvalue weighted by Crippen LogP contribution is 2.48. The van der Waals surface area contributed by atoms with Gasteiger partial charge in [0.1, 0.15) is 5.58 Å². The van der Waals surface area contributed by atoms with Crippen molar-refractivity contribution >= 4 is 85.8 Å². The molecule has 204 valence electrons. The zero-order valence-corrected chi connectivity index (χ0v) is 24.4. The summed E-state index contributed by atoms with van der Waals surface area (Å²) in [5.41, 5.74) is 6.38. The average molecular weight is 578 g/mol. The highest BCUT2D eigenvalue weighted by Gasteiger charge is 2.21. The van der Waals surface area contributed by atoms with Crippen molar-refractivity contribution in [3.05, 3.63) is 140 Å². The van der Waals surface area contributed by atoms with Gasteiger partial charge in [0.15, 0.2) is 5.58 Å². The van der Waals surface area contributed by atoms with Gasteiger partial charge in [-0.1, -0.05) is 115 Å². The van der Waals surface area contributed by atoms with Gasteiger partial charge in [-0.2, -0.15) is 0 Å². The molecule has 0 atom stereocenters. The van der Waals surface area contributed by atoms with Gasteiger partial charge in [0.05, 0.1) is 11.9 Å². The van der Waals surface area contributed by atoms with Crippen LogP contribution in [0.5, 0.6) is 0 Å². The number of benzene rings is 7. The quantitative estimate of drug-likeness (QED) is 0.191. The molecule has 44 heavy (non-hydrogen) atoms. The summed E-state index contributed by atoms with van der Waals surface area (Å²) in [6.45, 7) is 0. The van der Waals surface area contributed by atoms with E-state index in [2.05, 4.69) is 133 Å². The van der Waals surface area contributed by atoms with Gasteiger partial charge in [0, 0.05) is 47.5 Å². The third-order valence-corrected chi connectivity index (χ3v) is 10.3. The molecule has 0 radical (unpaired) electrons. The number of aromatic nitrogens is 1. The van der Waals surface area contributed by atoms with Crippen LogP contribution in [-0.4, -0.2) is 4.98 Å². The summed E-state index contributed by atoms with van der Waals surface area (Å²) in [5, 5.41) is 12.0. The third kappa shape index (κ3) is 3.27. The number of nitrogens with zero attached hydrogens (tertiary/aromatic N) is 1. The number of thiophene rings is 1. The Bertz CT molecular complexity index is 2730. The second-order valence-corrected chi connectivity index (χ2v) is 12.5. The van der Waals surface area contributed by atoms with E-state index in [9.17, 15) is 0 Å². The van der Waals surface area contributed by atoms with Crippen LogP contribution in [0, 0.1) is 0 Å². The van der Waals surface area contributed by atoms with Gasteiger partial charge in [-0.05, 0) is 50.7 Å². The topological polar surface area (TPSA) is 26.0 Å². The largest absolute Gasteiger partial charge is 0.454 e. The first-order valence-corrected chi connectivity index (χ1v) is 15.7. The fourth-order valence-electron chi connectivity index (χ4n) is 7.18. The van der Waals surface area contributed by atoms with E-state index in [1.54, 1.807) is 0 Å². The second-order valence-electron chi connectivity index (χ2n) is 11.5. The molecule has 0 saturated heterocycles. The van der Waals surface area contributed by atoms with Crippen LogP contribution >= 0.6 is 11.3 Å². The van der Waals surface area contributed by atoms with Crippen LogP contribution in [0.15, 0.2) is 144 Å². The first-order valence-electron chi connectivity index (χ1n) is 14.9. The Morgan fingerprint density at radius 1 is 0.477 bits per heavy atom. The molecule has 0 fully saturated rings. The smallest absolute Gasteiger partial charge is 0.153 e. The number of hydrogen-bond donors (Lipinski definition) is 0. The van der Waals surface area contributed by atoms with E-state index in [4.69, 9.17) is 9.40 Å². The highest BCUT2D eigenvalue weighted by molar-refractivity contribution is 7.26. The Morgan fingerprint density at radius 2 is 1.11 bits per heavy atom. The molecule has 2 nitrogen and oxygen atoms in total. The van der Waals surface area contributed by atoms with E-state index >= 15 is 0 Å². The molecule has 10 aromatic rings. The Morgan fingerprint density at radius 3 is 1.89 bits per heavy atom. The van der Waals surface area contributed by atoms with Crippen molar-refractivity contribution in [3.63, 3.8) is 0 Å². The molecule has 10 rings (SSSR count). The van der Waals surface area contributed by atoms with Crippen LogP contribution in [0.4, 0.5) is 0 Å². The van der Waals surface area contributed by atoms with E-state index in [1.165, 1.54) is 58.2 Å². The van der Waals surface area contributed by atoms with Crippen LogP contribution in [0.3, 0.4) is 0 Å². The summed E-state index contributed by atoms with van der Waals surface area (Å²) in [7, 11) is 0. The number of hydrogen-bond acceptors (Lipinski definition) is 3. The summed E-state index contributed by atoms with van der Waals surface area (Å²) < 4.78 is 9.06. The summed E-state index contributed by atoms with van der Waals surface area (Å²) in [4.78, 5) is 5.04. The maximum Gasteiger partial charge on any atom is 0.153 e. The van der Waals surface area contributed by atoms with Crippen LogP contribution in [0.1, 0.15) is 0 Å². The molecule has 0 spiro atoms. The van der Waals surface area contributed by atoms with E-state index in [0.717, 1.165) is 38.6 Å². The molecule has 3 heteroatoms. The van der Waals surface area contributed by atoms with Crippen LogP contribution in [-0.2, 0) is 0 Å². The van der Waals surface area contributed by atoms with E-state index in [0.29, 0.717) is 0 Å². The zero-order valence-electron chi connectivity index (χ0n) is 23.5. The lowest BCUT2D eigenvalue weighted by Crippen LogP contribution is -1.92. The fraction of sp³-hybridized carbons (Fsp3) is 0. The molecule has 0 unspecified atom stereocenters. The molecule has 3 aromatic heterocycles. The minimum absolute atomic E-state index is 0.807. The maximum absolute atomic E-state index is 6.41. The van der Waals surface area contributed by atoms with Crippen LogP contribution < -0.4 is 0 Å². The van der Waals surface area contributed by atoms with Crippen LogP contribution in [0.2, 0.25) is 0 Å². The van der Waals surface area contributed by atoms with Crippen molar-refractivity contribution in [2.24, 2.45) is 0 Å². The molecule has 0 bridgehead atoms. The third-order valence-electron chi connectivity index (χ3n) is 9.11. The molecule has 7 aromatic carbocycles. The van der Waals surface area contributed by atoms with Gasteiger partial charge in [-0.15, -0.1) is 11.3 Å². The number of fused-ring (bicyclic) bond motifs is 10. The van der Waals surface area contributed by atoms with Crippen molar-refractivity contribution in [2.75, 3.05) is 0 Å². The Kier molecular flexibility index (Phi) is 4.90. The Labute approximate surface area is 256 Å². The van der Waals surface area contributed by atoms with Crippen molar-refractivity contribution in [3.8, 4) is 22.4 Å². The minimum Gasteiger partial charge on any atom is -0.454 e. The number of rotatable bonds is 2. The van der Waals surface area contributed by atoms with Crippen molar-refractivity contribution in [2.45, 2.75) is 0 Å². The molecule has 0 saturated carbocycles. The Hall–Kier alpha value is -5.51. The van der Waals surface area contributed by atoms with E-state index in [1.807, 2.05) is 17.5 Å². The van der Waals surface area contributed by atoms with Gasteiger partial charge in [-0.3, -0.25) is 4.98 Å². The Balaban J connectivity index is 1.30. The fourth-order valence-corrected chi connectivity index (χ4v) is 8.41. The predicted molar refractivity (Wildman–Crippen MR) is 188 cm³/mol. The van der Waals surface area contributed by atoms with Gasteiger partial charge >= 0.3 is 0 Å². The first-order chi connectivity index (χ1) is 21.8. The molecule has 0 N–H and O–H groups in total. The average Bonchev–Trinajstić information content (AvgIpc) is 3.66. The van der Waals surface area contributed by atoms with Crippen molar-refractivity contribution in [1.29, 1.82) is 0 Å². The SMILES string of the molecule is c1ccc2c(c1)ccc1c3cc(-c4c5ccccc5c(-c5cccc6c5sc5ccccc56)c5ccccc45)ncc3oc21. The van der Waals surface area contributed by atoms with E-state index in [-0.39, 0.29) is 0 Å².